The summed E-state index contributed by atoms with van der Waals surface area (Å²) < 4.78 is 12.2. The number of anilines is 1. The largest absolute Gasteiger partial charge is 0.398 e. The second-order valence-corrected chi connectivity index (χ2v) is 5.37. The Morgan fingerprint density at radius 1 is 1.06 bits per heavy atom. The molecule has 2 aromatic rings. The molecule has 0 aromatic heterocycles. The molecule has 0 amide bonds. The van der Waals surface area contributed by atoms with E-state index < -0.39 is 10.8 Å². The van der Waals surface area contributed by atoms with E-state index in [2.05, 4.69) is 0 Å². The molecule has 2 aromatic carbocycles. The lowest BCUT2D eigenvalue weighted by atomic mass is 10.1. The lowest BCUT2D eigenvalue weighted by molar-refractivity contribution is 0.683. The predicted octanol–water partition coefficient (Wildman–Crippen LogP) is 2.89. The van der Waals surface area contributed by atoms with Crippen molar-refractivity contribution in [2.75, 3.05) is 5.73 Å². The molecule has 2 N–H and O–H groups in total. The van der Waals surface area contributed by atoms with E-state index in [4.69, 9.17) is 5.73 Å². The molecule has 0 fully saturated rings. The smallest absolute Gasteiger partial charge is 0.0620 e. The number of hydrogen-bond acceptors (Lipinski definition) is 2. The Balaban J connectivity index is 2.24. The molecule has 0 aliphatic carbocycles. The van der Waals surface area contributed by atoms with Crippen molar-refractivity contribution in [3.63, 3.8) is 0 Å². The molecule has 0 heterocycles. The summed E-state index contributed by atoms with van der Waals surface area (Å²) in [5, 5.41) is 0. The third kappa shape index (κ3) is 2.74. The molecule has 1 atom stereocenters. The first kappa shape index (κ1) is 11.9. The summed E-state index contributed by atoms with van der Waals surface area (Å²) in [6.07, 6.45) is 0. The van der Waals surface area contributed by atoms with Gasteiger partial charge in [0.25, 0.3) is 0 Å². The summed E-state index contributed by atoms with van der Waals surface area (Å²) in [5.74, 6) is 0.515. The van der Waals surface area contributed by atoms with Crippen LogP contribution in [0.1, 0.15) is 11.1 Å². The zero-order chi connectivity index (χ0) is 12.3. The van der Waals surface area contributed by atoms with Crippen molar-refractivity contribution in [3.05, 3.63) is 59.7 Å². The Bertz CT molecular complexity index is 551. The van der Waals surface area contributed by atoms with Crippen LogP contribution in [0, 0.1) is 6.92 Å². The van der Waals surface area contributed by atoms with E-state index in [1.54, 1.807) is 6.07 Å². The van der Waals surface area contributed by atoms with Crippen molar-refractivity contribution >= 4 is 16.5 Å². The van der Waals surface area contributed by atoms with E-state index >= 15 is 0 Å². The summed E-state index contributed by atoms with van der Waals surface area (Å²) in [4.78, 5) is 0.718. The number of rotatable bonds is 3. The fraction of sp³-hybridized carbons (Fsp3) is 0.143. The highest BCUT2D eigenvalue weighted by Gasteiger charge is 2.09. The van der Waals surface area contributed by atoms with Gasteiger partial charge in [-0.2, -0.15) is 0 Å². The fourth-order valence-corrected chi connectivity index (χ4v) is 3.00. The van der Waals surface area contributed by atoms with E-state index in [-0.39, 0.29) is 0 Å². The quantitative estimate of drug-likeness (QED) is 0.845. The van der Waals surface area contributed by atoms with Crippen LogP contribution in [0.25, 0.3) is 0 Å². The van der Waals surface area contributed by atoms with Crippen molar-refractivity contribution < 1.29 is 4.21 Å². The normalized spacial score (nSPS) is 12.3. The number of nitrogens with two attached hydrogens (primary N) is 1. The van der Waals surface area contributed by atoms with Crippen molar-refractivity contribution in [2.24, 2.45) is 0 Å². The Morgan fingerprint density at radius 2 is 1.71 bits per heavy atom. The van der Waals surface area contributed by atoms with Crippen LogP contribution < -0.4 is 5.73 Å². The van der Waals surface area contributed by atoms with Gasteiger partial charge in [-0.15, -0.1) is 0 Å². The maximum absolute atomic E-state index is 12.2. The molecule has 0 radical (unpaired) electrons. The molecule has 1 unspecified atom stereocenters. The molecule has 0 saturated carbocycles. The minimum atomic E-state index is -1.08. The molecule has 0 bridgehead atoms. The number of benzene rings is 2. The van der Waals surface area contributed by atoms with Gasteiger partial charge in [-0.1, -0.05) is 36.4 Å². The monoisotopic (exact) mass is 245 g/mol. The van der Waals surface area contributed by atoms with Crippen molar-refractivity contribution in [3.8, 4) is 0 Å². The molecule has 2 nitrogen and oxygen atoms in total. The van der Waals surface area contributed by atoms with Crippen LogP contribution in [-0.4, -0.2) is 4.21 Å². The maximum atomic E-state index is 12.2. The van der Waals surface area contributed by atoms with Crippen molar-refractivity contribution in [1.82, 2.24) is 0 Å². The molecule has 0 aliphatic heterocycles. The Morgan fingerprint density at radius 3 is 2.41 bits per heavy atom. The van der Waals surface area contributed by atoms with Crippen LogP contribution in [0.5, 0.6) is 0 Å². The standard InChI is InChI=1S/C14H15NOS/c1-11-6-2-3-7-12(11)10-17(16)14-9-5-4-8-13(14)15/h2-9H,10,15H2,1H3. The van der Waals surface area contributed by atoms with Gasteiger partial charge in [0, 0.05) is 5.69 Å². The van der Waals surface area contributed by atoms with Gasteiger partial charge in [0.1, 0.15) is 0 Å². The van der Waals surface area contributed by atoms with Crippen molar-refractivity contribution in [2.45, 2.75) is 17.6 Å². The molecule has 0 saturated heterocycles. The van der Waals surface area contributed by atoms with E-state index in [1.807, 2.05) is 49.4 Å². The summed E-state index contributed by atoms with van der Waals surface area (Å²) in [7, 11) is -1.08. The SMILES string of the molecule is Cc1ccccc1CS(=O)c1ccccc1N. The average Bonchev–Trinajstić information content (AvgIpc) is 2.32. The number of para-hydroxylation sites is 1. The van der Waals surface area contributed by atoms with Crippen molar-refractivity contribution in [1.29, 1.82) is 0 Å². The molecule has 2 rings (SSSR count). The van der Waals surface area contributed by atoms with E-state index in [9.17, 15) is 4.21 Å². The average molecular weight is 245 g/mol. The van der Waals surface area contributed by atoms with Crippen LogP contribution >= 0.6 is 0 Å². The summed E-state index contributed by atoms with van der Waals surface area (Å²) in [5.41, 5.74) is 8.68. The minimum absolute atomic E-state index is 0.515. The van der Waals surface area contributed by atoms with Gasteiger partial charge >= 0.3 is 0 Å². The first-order valence-electron chi connectivity index (χ1n) is 5.46. The molecule has 17 heavy (non-hydrogen) atoms. The van der Waals surface area contributed by atoms with Crippen LogP contribution in [0.15, 0.2) is 53.4 Å². The highest BCUT2D eigenvalue weighted by Crippen LogP contribution is 2.19. The topological polar surface area (TPSA) is 43.1 Å². The summed E-state index contributed by atoms with van der Waals surface area (Å²) in [6.45, 7) is 2.03. The van der Waals surface area contributed by atoms with Gasteiger partial charge in [-0.3, -0.25) is 4.21 Å². The lowest BCUT2D eigenvalue weighted by Gasteiger charge is -2.07. The maximum Gasteiger partial charge on any atom is 0.0620 e. The Kier molecular flexibility index (Phi) is 3.59. The Labute approximate surface area is 104 Å². The molecule has 88 valence electrons. The number of hydrogen-bond donors (Lipinski definition) is 1. The van der Waals surface area contributed by atoms with Gasteiger partial charge in [0.15, 0.2) is 0 Å². The van der Waals surface area contributed by atoms with E-state index in [1.165, 1.54) is 0 Å². The third-order valence-corrected chi connectivity index (χ3v) is 4.15. The van der Waals surface area contributed by atoms with E-state index in [0.717, 1.165) is 16.0 Å². The van der Waals surface area contributed by atoms with Crippen LogP contribution in [-0.2, 0) is 16.6 Å². The predicted molar refractivity (Wildman–Crippen MR) is 72.1 cm³/mol. The van der Waals surface area contributed by atoms with Crippen LogP contribution in [0.2, 0.25) is 0 Å². The second-order valence-electron chi connectivity index (χ2n) is 3.95. The van der Waals surface area contributed by atoms with Gasteiger partial charge in [-0.05, 0) is 30.2 Å². The zero-order valence-electron chi connectivity index (χ0n) is 9.72. The highest BCUT2D eigenvalue weighted by molar-refractivity contribution is 7.84. The van der Waals surface area contributed by atoms with Gasteiger partial charge in [0.05, 0.1) is 21.4 Å². The summed E-state index contributed by atoms with van der Waals surface area (Å²) >= 11 is 0. The molecule has 0 spiro atoms. The molecular formula is C14H15NOS. The number of nitrogen functional groups attached to an aromatic ring is 1. The van der Waals surface area contributed by atoms with E-state index in [0.29, 0.717) is 11.4 Å². The zero-order valence-corrected chi connectivity index (χ0v) is 10.5. The number of aryl methyl sites for hydroxylation is 1. The van der Waals surface area contributed by atoms with Crippen LogP contribution in [0.4, 0.5) is 5.69 Å². The second kappa shape index (κ2) is 5.15. The van der Waals surface area contributed by atoms with Gasteiger partial charge in [0.2, 0.25) is 0 Å². The van der Waals surface area contributed by atoms with Crippen LogP contribution in [0.3, 0.4) is 0 Å². The molecule has 0 aliphatic rings. The first-order valence-corrected chi connectivity index (χ1v) is 6.78. The lowest BCUT2D eigenvalue weighted by Crippen LogP contribution is -2.01. The fourth-order valence-electron chi connectivity index (χ4n) is 1.68. The van der Waals surface area contributed by atoms with Gasteiger partial charge < -0.3 is 5.73 Å². The minimum Gasteiger partial charge on any atom is -0.398 e. The third-order valence-electron chi connectivity index (χ3n) is 2.71. The summed E-state index contributed by atoms with van der Waals surface area (Å²) in [6, 6.07) is 15.3. The highest BCUT2D eigenvalue weighted by atomic mass is 32.2. The van der Waals surface area contributed by atoms with Gasteiger partial charge in [-0.25, -0.2) is 0 Å². The molecular weight excluding hydrogens is 230 g/mol. The Hall–Kier alpha value is -1.61. The molecule has 3 heteroatoms. The first-order chi connectivity index (χ1) is 8.18.